The van der Waals surface area contributed by atoms with Crippen molar-refractivity contribution in [3.8, 4) is 5.75 Å². The second-order valence-corrected chi connectivity index (χ2v) is 9.11. The molecule has 0 spiro atoms. The van der Waals surface area contributed by atoms with Crippen LogP contribution in [0.15, 0.2) is 57.5 Å². The maximum absolute atomic E-state index is 12.6. The van der Waals surface area contributed by atoms with Gasteiger partial charge in [-0.05, 0) is 36.4 Å². The van der Waals surface area contributed by atoms with E-state index in [-0.39, 0.29) is 17.6 Å². The van der Waals surface area contributed by atoms with Crippen LogP contribution in [0.2, 0.25) is 0 Å². The average molecular weight is 450 g/mol. The highest BCUT2D eigenvalue weighted by Gasteiger charge is 2.29. The third-order valence-corrected chi connectivity index (χ3v) is 6.81. The first-order valence-corrected chi connectivity index (χ1v) is 11.4. The molecule has 1 aromatic carbocycles. The van der Waals surface area contributed by atoms with Crippen molar-refractivity contribution in [2.75, 3.05) is 31.6 Å². The zero-order valence-corrected chi connectivity index (χ0v) is 17.4. The highest BCUT2D eigenvalue weighted by Crippen LogP contribution is 2.22. The van der Waals surface area contributed by atoms with Gasteiger partial charge in [-0.15, -0.1) is 11.3 Å². The minimum atomic E-state index is -3.68. The first-order chi connectivity index (χ1) is 14.5. The summed E-state index contributed by atoms with van der Waals surface area (Å²) in [6.07, 6.45) is 1.61. The Hall–Kier alpha value is -2.73. The molecule has 3 heterocycles. The van der Waals surface area contributed by atoms with E-state index in [0.29, 0.717) is 48.5 Å². The molecular weight excluding hydrogens is 430 g/mol. The van der Waals surface area contributed by atoms with Crippen molar-refractivity contribution >= 4 is 32.4 Å². The van der Waals surface area contributed by atoms with E-state index in [0.717, 1.165) is 0 Å². The average Bonchev–Trinajstić information content (AvgIpc) is 3.46. The van der Waals surface area contributed by atoms with Crippen molar-refractivity contribution in [2.45, 2.75) is 11.7 Å². The Bertz CT molecular complexity index is 1090. The summed E-state index contributed by atoms with van der Waals surface area (Å²) >= 11 is 1.34. The predicted molar refractivity (Wildman–Crippen MR) is 109 cm³/mol. The van der Waals surface area contributed by atoms with Gasteiger partial charge in [-0.1, -0.05) is 0 Å². The van der Waals surface area contributed by atoms with E-state index in [1.165, 1.54) is 21.7 Å². The fourth-order valence-electron chi connectivity index (χ4n) is 2.80. The van der Waals surface area contributed by atoms with Crippen LogP contribution in [0, 0.1) is 0 Å². The van der Waals surface area contributed by atoms with E-state index >= 15 is 0 Å². The summed E-state index contributed by atoms with van der Waals surface area (Å²) in [4.78, 5) is 16.2. The van der Waals surface area contributed by atoms with Crippen LogP contribution in [-0.4, -0.2) is 49.9 Å². The van der Waals surface area contributed by atoms with Crippen molar-refractivity contribution in [1.82, 2.24) is 9.29 Å². The number of carbonyl (C=O) groups is 1. The number of furan rings is 1. The molecule has 0 unspecified atom stereocenters. The monoisotopic (exact) mass is 449 g/mol. The maximum Gasteiger partial charge on any atom is 0.276 e. The first-order valence-electron chi connectivity index (χ1n) is 9.13. The summed E-state index contributed by atoms with van der Waals surface area (Å²) in [5, 5.41) is 4.89. The molecule has 1 N–H and O–H groups in total. The quantitative estimate of drug-likeness (QED) is 0.590. The Balaban J connectivity index is 1.34. The molecule has 0 bridgehead atoms. The Morgan fingerprint density at radius 1 is 1.17 bits per heavy atom. The largest absolute Gasteiger partial charge is 0.486 e. The number of benzene rings is 1. The predicted octanol–water partition coefficient (Wildman–Crippen LogP) is 2.59. The number of thiazole rings is 1. The SMILES string of the molecule is O=C(Nc1nccs1)c1ccc(OCc2ccc(S(=O)(=O)N3CCOCC3)o2)cc1. The molecule has 1 fully saturated rings. The van der Waals surface area contributed by atoms with Crippen LogP contribution < -0.4 is 10.1 Å². The normalized spacial score (nSPS) is 15.1. The minimum Gasteiger partial charge on any atom is -0.486 e. The number of rotatable bonds is 7. The summed E-state index contributed by atoms with van der Waals surface area (Å²) in [7, 11) is -3.68. The van der Waals surface area contributed by atoms with Crippen molar-refractivity contribution in [3.05, 3.63) is 59.3 Å². The summed E-state index contributed by atoms with van der Waals surface area (Å²) < 4.78 is 42.8. The summed E-state index contributed by atoms with van der Waals surface area (Å²) in [6.45, 7) is 1.40. The van der Waals surface area contributed by atoms with Gasteiger partial charge in [0.1, 0.15) is 18.1 Å². The Kier molecular flexibility index (Phi) is 6.13. The summed E-state index contributed by atoms with van der Waals surface area (Å²) in [5.74, 6) is 0.641. The smallest absolute Gasteiger partial charge is 0.276 e. The minimum absolute atomic E-state index is 0.0588. The zero-order chi connectivity index (χ0) is 21.0. The van der Waals surface area contributed by atoms with Crippen molar-refractivity contribution in [2.24, 2.45) is 0 Å². The van der Waals surface area contributed by atoms with Gasteiger partial charge in [0.05, 0.1) is 13.2 Å². The number of ether oxygens (including phenoxy) is 2. The molecule has 0 radical (unpaired) electrons. The molecule has 0 aliphatic carbocycles. The number of hydrogen-bond donors (Lipinski definition) is 1. The third-order valence-electron chi connectivity index (χ3n) is 4.35. The molecule has 158 valence electrons. The lowest BCUT2D eigenvalue weighted by Gasteiger charge is -2.24. The van der Waals surface area contributed by atoms with Gasteiger partial charge >= 0.3 is 0 Å². The van der Waals surface area contributed by atoms with Crippen molar-refractivity contribution < 1.29 is 27.1 Å². The first kappa shape index (κ1) is 20.5. The molecule has 1 aliphatic heterocycles. The standard InChI is InChI=1S/C19H19N3O6S2/c23-18(21-19-20-7-12-29-19)14-1-3-15(4-2-14)27-13-16-5-6-17(28-16)30(24,25)22-8-10-26-11-9-22/h1-7,12H,8-11,13H2,(H,20,21,23). The number of carbonyl (C=O) groups excluding carboxylic acids is 1. The number of nitrogens with one attached hydrogen (secondary N) is 1. The van der Waals surface area contributed by atoms with Gasteiger partial charge < -0.3 is 13.9 Å². The van der Waals surface area contributed by atoms with E-state index in [1.807, 2.05) is 0 Å². The van der Waals surface area contributed by atoms with Crippen LogP contribution in [0.25, 0.3) is 0 Å². The lowest BCUT2D eigenvalue weighted by Crippen LogP contribution is -2.40. The molecule has 1 amide bonds. The highest BCUT2D eigenvalue weighted by atomic mass is 32.2. The van der Waals surface area contributed by atoms with Crippen molar-refractivity contribution in [1.29, 1.82) is 0 Å². The molecule has 3 aromatic rings. The molecule has 9 nitrogen and oxygen atoms in total. The van der Waals surface area contributed by atoms with Gasteiger partial charge in [0, 0.05) is 30.2 Å². The van der Waals surface area contributed by atoms with Crippen LogP contribution in [0.4, 0.5) is 5.13 Å². The van der Waals surface area contributed by atoms with Crippen LogP contribution in [0.1, 0.15) is 16.1 Å². The van der Waals surface area contributed by atoms with Crippen LogP contribution in [-0.2, 0) is 21.4 Å². The zero-order valence-electron chi connectivity index (χ0n) is 15.8. The molecule has 4 rings (SSSR count). The van der Waals surface area contributed by atoms with E-state index in [2.05, 4.69) is 10.3 Å². The maximum atomic E-state index is 12.6. The van der Waals surface area contributed by atoms with Gasteiger partial charge in [-0.2, -0.15) is 4.31 Å². The van der Waals surface area contributed by atoms with Gasteiger partial charge in [0.25, 0.3) is 15.9 Å². The van der Waals surface area contributed by atoms with Crippen LogP contribution in [0.5, 0.6) is 5.75 Å². The number of sulfonamides is 1. The van der Waals surface area contributed by atoms with E-state index in [1.54, 1.807) is 41.9 Å². The number of morpholine rings is 1. The van der Waals surface area contributed by atoms with E-state index < -0.39 is 10.0 Å². The molecule has 0 saturated carbocycles. The van der Waals surface area contributed by atoms with E-state index in [4.69, 9.17) is 13.9 Å². The number of anilines is 1. The third kappa shape index (κ3) is 4.70. The Morgan fingerprint density at radius 2 is 1.93 bits per heavy atom. The number of aromatic nitrogens is 1. The molecule has 11 heteroatoms. The van der Waals surface area contributed by atoms with Crippen molar-refractivity contribution in [3.63, 3.8) is 0 Å². The van der Waals surface area contributed by atoms with E-state index in [9.17, 15) is 13.2 Å². The Morgan fingerprint density at radius 3 is 2.63 bits per heavy atom. The number of nitrogens with zero attached hydrogens (tertiary/aromatic N) is 2. The fraction of sp³-hybridized carbons (Fsp3) is 0.263. The van der Waals surface area contributed by atoms with Gasteiger partial charge in [0.15, 0.2) is 5.13 Å². The Labute approximate surface area is 177 Å². The van der Waals surface area contributed by atoms with Gasteiger partial charge in [0.2, 0.25) is 5.09 Å². The second kappa shape index (κ2) is 8.96. The van der Waals surface area contributed by atoms with Crippen LogP contribution >= 0.6 is 11.3 Å². The highest BCUT2D eigenvalue weighted by molar-refractivity contribution is 7.89. The summed E-state index contributed by atoms with van der Waals surface area (Å²) in [6, 6.07) is 9.58. The molecule has 2 aromatic heterocycles. The number of amides is 1. The molecular formula is C19H19N3O6S2. The summed E-state index contributed by atoms with van der Waals surface area (Å²) in [5.41, 5.74) is 0.467. The number of hydrogen-bond acceptors (Lipinski definition) is 8. The topological polar surface area (TPSA) is 111 Å². The lowest BCUT2D eigenvalue weighted by atomic mass is 10.2. The van der Waals surface area contributed by atoms with Crippen LogP contribution in [0.3, 0.4) is 0 Å². The fourth-order valence-corrected chi connectivity index (χ4v) is 4.66. The van der Waals surface area contributed by atoms with Gasteiger partial charge in [-0.3, -0.25) is 10.1 Å². The molecule has 0 atom stereocenters. The lowest BCUT2D eigenvalue weighted by molar-refractivity contribution is 0.0723. The van der Waals surface area contributed by atoms with Gasteiger partial charge in [-0.25, -0.2) is 13.4 Å². The molecule has 1 saturated heterocycles. The molecule has 30 heavy (non-hydrogen) atoms. The second-order valence-electron chi connectivity index (χ2n) is 6.34. The molecule has 1 aliphatic rings.